The summed E-state index contributed by atoms with van der Waals surface area (Å²) in [6.07, 6.45) is 0. The Balaban J connectivity index is 2.95. The molecule has 1 aliphatic heterocycles. The van der Waals surface area contributed by atoms with Crippen LogP contribution in [0.15, 0.2) is 11.3 Å². The van der Waals surface area contributed by atoms with E-state index in [1.165, 1.54) is 0 Å². The number of rotatable bonds is 0. The molecule has 1 heterocycles. The van der Waals surface area contributed by atoms with Crippen molar-refractivity contribution in [2.24, 2.45) is 0 Å². The average molecular weight is 148 g/mol. The van der Waals surface area contributed by atoms with Crippen molar-refractivity contribution in [2.45, 2.75) is 6.92 Å². The Hall–Kier alpha value is -0.510. The summed E-state index contributed by atoms with van der Waals surface area (Å²) in [6, 6.07) is 0. The van der Waals surface area contributed by atoms with Crippen LogP contribution in [0.3, 0.4) is 0 Å². The van der Waals surface area contributed by atoms with E-state index in [4.69, 9.17) is 5.11 Å². The molecule has 52 valence electrons. The summed E-state index contributed by atoms with van der Waals surface area (Å²) >= 11 is 0. The van der Waals surface area contributed by atoms with Crippen LogP contribution >= 0.6 is 0 Å². The fourth-order valence-corrected chi connectivity index (χ4v) is 2.39. The van der Waals surface area contributed by atoms with Gasteiger partial charge in [-0.1, -0.05) is 0 Å². The van der Waals surface area contributed by atoms with Gasteiger partial charge in [-0.2, -0.15) is 0 Å². The highest BCUT2D eigenvalue weighted by Crippen LogP contribution is 2.15. The molecule has 0 saturated carbocycles. The zero-order chi connectivity index (χ0) is 7.07. The molecule has 0 amide bonds. The first-order valence-electron chi connectivity index (χ1n) is 2.59. The molecule has 1 rings (SSSR count). The summed E-state index contributed by atoms with van der Waals surface area (Å²) in [4.78, 5) is 0. The van der Waals surface area contributed by atoms with Crippen LogP contribution in [0.5, 0.6) is 0 Å². The van der Waals surface area contributed by atoms with E-state index in [0.717, 1.165) is 0 Å². The van der Waals surface area contributed by atoms with E-state index >= 15 is 0 Å². The van der Waals surface area contributed by atoms with Crippen LogP contribution in [0, 0.1) is 0 Å². The van der Waals surface area contributed by atoms with E-state index < -0.39 is 9.84 Å². The first kappa shape index (κ1) is 6.61. The zero-order valence-corrected chi connectivity index (χ0v) is 5.90. The van der Waals surface area contributed by atoms with E-state index in [1.807, 2.05) is 0 Å². The minimum absolute atomic E-state index is 0.0231. The molecule has 0 atom stereocenters. The third-order valence-corrected chi connectivity index (χ3v) is 2.87. The highest BCUT2D eigenvalue weighted by Gasteiger charge is 2.23. The monoisotopic (exact) mass is 148 g/mol. The Bertz CT molecular complexity index is 227. The molecular formula is C5H8O3S. The summed E-state index contributed by atoms with van der Waals surface area (Å²) in [5.74, 6) is -0.118. The summed E-state index contributed by atoms with van der Waals surface area (Å²) in [5.41, 5.74) is 0.579. The average Bonchev–Trinajstić information content (AvgIpc) is 1.79. The van der Waals surface area contributed by atoms with Gasteiger partial charge in [0.1, 0.15) is 11.5 Å². The van der Waals surface area contributed by atoms with Crippen molar-refractivity contribution < 1.29 is 13.5 Å². The van der Waals surface area contributed by atoms with E-state index in [-0.39, 0.29) is 17.3 Å². The largest absolute Gasteiger partial charge is 0.511 e. The molecule has 0 spiro atoms. The fourth-order valence-electron chi connectivity index (χ4n) is 0.796. The molecule has 0 aliphatic carbocycles. The Morgan fingerprint density at radius 2 is 2.00 bits per heavy atom. The number of sulfone groups is 1. The van der Waals surface area contributed by atoms with Crippen LogP contribution in [0.4, 0.5) is 0 Å². The summed E-state index contributed by atoms with van der Waals surface area (Å²) in [5, 5.41) is 8.83. The lowest BCUT2D eigenvalue weighted by Crippen LogP contribution is -2.02. The third kappa shape index (κ3) is 1.24. The minimum Gasteiger partial charge on any atom is -0.511 e. The minimum atomic E-state index is -2.97. The lowest BCUT2D eigenvalue weighted by Gasteiger charge is -1.85. The number of aliphatic hydroxyl groups excluding tert-OH is 1. The van der Waals surface area contributed by atoms with Gasteiger partial charge in [-0.3, -0.25) is 0 Å². The van der Waals surface area contributed by atoms with Crippen LogP contribution in [0.25, 0.3) is 0 Å². The number of hydrogen-bond acceptors (Lipinski definition) is 3. The van der Waals surface area contributed by atoms with E-state index in [0.29, 0.717) is 5.57 Å². The maximum atomic E-state index is 10.6. The lowest BCUT2D eigenvalue weighted by atomic mass is 10.3. The SMILES string of the molecule is CC1=C(O)CS(=O)(=O)C1. The highest BCUT2D eigenvalue weighted by atomic mass is 32.2. The first-order chi connectivity index (χ1) is 4.01. The summed E-state index contributed by atoms with van der Waals surface area (Å²) in [6.45, 7) is 1.62. The fraction of sp³-hybridized carbons (Fsp3) is 0.600. The second-order valence-electron chi connectivity index (χ2n) is 2.26. The molecule has 0 fully saturated rings. The topological polar surface area (TPSA) is 54.4 Å². The normalized spacial score (nSPS) is 25.0. The molecular weight excluding hydrogens is 140 g/mol. The number of aliphatic hydroxyl groups is 1. The molecule has 0 aromatic rings. The molecule has 0 unspecified atom stereocenters. The molecule has 0 aromatic heterocycles. The van der Waals surface area contributed by atoms with Gasteiger partial charge in [0.15, 0.2) is 9.84 Å². The van der Waals surface area contributed by atoms with Gasteiger partial charge in [-0.15, -0.1) is 0 Å². The smallest absolute Gasteiger partial charge is 0.161 e. The summed E-state index contributed by atoms with van der Waals surface area (Å²) < 4.78 is 21.3. The molecule has 1 N–H and O–H groups in total. The molecule has 3 nitrogen and oxygen atoms in total. The Labute approximate surface area is 53.9 Å². The van der Waals surface area contributed by atoms with Crippen molar-refractivity contribution in [1.82, 2.24) is 0 Å². The van der Waals surface area contributed by atoms with Gasteiger partial charge in [0, 0.05) is 0 Å². The molecule has 1 aliphatic rings. The molecule has 0 radical (unpaired) electrons. The predicted molar refractivity (Wildman–Crippen MR) is 34.0 cm³/mol. The molecule has 9 heavy (non-hydrogen) atoms. The van der Waals surface area contributed by atoms with Gasteiger partial charge in [-0.05, 0) is 12.5 Å². The lowest BCUT2D eigenvalue weighted by molar-refractivity contribution is 0.412. The Kier molecular flexibility index (Phi) is 1.27. The first-order valence-corrected chi connectivity index (χ1v) is 4.41. The van der Waals surface area contributed by atoms with Crippen molar-refractivity contribution in [3.8, 4) is 0 Å². The van der Waals surface area contributed by atoms with Crippen molar-refractivity contribution >= 4 is 9.84 Å². The van der Waals surface area contributed by atoms with Gasteiger partial charge in [0.2, 0.25) is 0 Å². The van der Waals surface area contributed by atoms with Gasteiger partial charge >= 0.3 is 0 Å². The standard InChI is InChI=1S/C5H8O3S/c1-4-2-9(7,8)3-5(4)6/h6H,2-3H2,1H3. The van der Waals surface area contributed by atoms with Crippen LogP contribution in [0.2, 0.25) is 0 Å². The van der Waals surface area contributed by atoms with Crippen LogP contribution in [0.1, 0.15) is 6.92 Å². The molecule has 0 saturated heterocycles. The van der Waals surface area contributed by atoms with Gasteiger partial charge in [0.25, 0.3) is 0 Å². The molecule has 0 aromatic carbocycles. The Morgan fingerprint density at radius 3 is 2.11 bits per heavy atom. The zero-order valence-electron chi connectivity index (χ0n) is 5.09. The maximum Gasteiger partial charge on any atom is 0.161 e. The van der Waals surface area contributed by atoms with E-state index in [1.54, 1.807) is 6.92 Å². The highest BCUT2D eigenvalue weighted by molar-refractivity contribution is 7.92. The second-order valence-corrected chi connectivity index (χ2v) is 4.32. The van der Waals surface area contributed by atoms with Crippen molar-refractivity contribution in [2.75, 3.05) is 11.5 Å². The molecule has 4 heteroatoms. The maximum absolute atomic E-state index is 10.6. The van der Waals surface area contributed by atoms with Gasteiger partial charge in [-0.25, -0.2) is 8.42 Å². The number of hydrogen-bond donors (Lipinski definition) is 1. The quantitative estimate of drug-likeness (QED) is 0.535. The van der Waals surface area contributed by atoms with E-state index in [9.17, 15) is 8.42 Å². The van der Waals surface area contributed by atoms with Crippen LogP contribution in [-0.4, -0.2) is 25.0 Å². The van der Waals surface area contributed by atoms with Crippen molar-refractivity contribution in [1.29, 1.82) is 0 Å². The van der Waals surface area contributed by atoms with Crippen molar-refractivity contribution in [3.05, 3.63) is 11.3 Å². The third-order valence-electron chi connectivity index (χ3n) is 1.29. The van der Waals surface area contributed by atoms with E-state index in [2.05, 4.69) is 0 Å². The van der Waals surface area contributed by atoms with Gasteiger partial charge in [0.05, 0.1) is 5.75 Å². The second kappa shape index (κ2) is 1.73. The predicted octanol–water partition coefficient (Wildman–Crippen LogP) is 0.247. The molecule has 0 bridgehead atoms. The van der Waals surface area contributed by atoms with Crippen molar-refractivity contribution in [3.63, 3.8) is 0 Å². The Morgan fingerprint density at radius 1 is 1.44 bits per heavy atom. The van der Waals surface area contributed by atoms with Crippen LogP contribution < -0.4 is 0 Å². The van der Waals surface area contributed by atoms with Gasteiger partial charge < -0.3 is 5.11 Å². The summed E-state index contributed by atoms with van der Waals surface area (Å²) in [7, 11) is -2.97. The van der Waals surface area contributed by atoms with Crippen LogP contribution in [-0.2, 0) is 9.84 Å².